The Morgan fingerprint density at radius 1 is 1.08 bits per heavy atom. The van der Waals surface area contributed by atoms with E-state index in [1.165, 1.54) is 11.1 Å². The highest BCUT2D eigenvalue weighted by molar-refractivity contribution is 5.88. The van der Waals surface area contributed by atoms with E-state index in [4.69, 9.17) is 14.5 Å². The Hall–Kier alpha value is -3.37. The number of piperidine rings is 1. The van der Waals surface area contributed by atoms with Gasteiger partial charge in [-0.25, -0.2) is 9.18 Å². The molecule has 3 aromatic rings. The van der Waals surface area contributed by atoms with Gasteiger partial charge in [0.1, 0.15) is 5.82 Å². The summed E-state index contributed by atoms with van der Waals surface area (Å²) < 4.78 is 25.9. The maximum Gasteiger partial charge on any atom is 0.337 e. The average Bonchev–Trinajstić information content (AvgIpc) is 3.08. The molecule has 1 N–H and O–H groups in total. The van der Waals surface area contributed by atoms with Crippen molar-refractivity contribution in [3.05, 3.63) is 81.4 Å². The topological polar surface area (TPSA) is 78.4 Å². The Kier molecular flexibility index (Phi) is 12.0. The lowest BCUT2D eigenvalue weighted by Gasteiger charge is -2.41. The number of aliphatic carboxylic acids is 1. The summed E-state index contributed by atoms with van der Waals surface area (Å²) in [5.41, 5.74) is 9.69. The van der Waals surface area contributed by atoms with Crippen LogP contribution in [0.15, 0.2) is 36.4 Å². The lowest BCUT2D eigenvalue weighted by Crippen LogP contribution is -2.39. The van der Waals surface area contributed by atoms with Crippen LogP contribution in [-0.4, -0.2) is 77.9 Å². The van der Waals surface area contributed by atoms with Crippen LogP contribution in [0.1, 0.15) is 106 Å². The smallest absolute Gasteiger partial charge is 0.337 e. The molecule has 3 aliphatic rings. The zero-order valence-electron chi connectivity index (χ0n) is 33.4. The predicted octanol–water partition coefficient (Wildman–Crippen LogP) is 8.49. The third kappa shape index (κ3) is 9.66. The van der Waals surface area contributed by atoms with Crippen LogP contribution in [-0.2, 0) is 40.3 Å². The molecule has 6 rings (SSSR count). The Morgan fingerprint density at radius 2 is 1.79 bits per heavy atom. The molecule has 0 radical (unpaired) electrons. The first-order chi connectivity index (χ1) is 25.1. The number of ether oxygens (including phenoxy) is 2. The van der Waals surface area contributed by atoms with Gasteiger partial charge in [0.2, 0.25) is 0 Å². The molecule has 3 aliphatic heterocycles. The number of fused-ring (bicyclic) bond motifs is 1. The standard InChI is InChI=1S/C44H61FN4O4/c1-29-23-36(45)12-11-34(29)26-48-18-13-32-24-33(9-10-35(32)27-48)39-37(28-47(8)25-31-14-21-52-22-15-31)46-30(2)38(41(42(50)51)53-43(3,4)5)40(39)49-19-16-44(6,7)17-20-49/h9-12,23-24,31,41H,13-22,25-28H2,1-8H3,(H,50,51). The van der Waals surface area contributed by atoms with Crippen molar-refractivity contribution in [3.8, 4) is 11.1 Å². The van der Waals surface area contributed by atoms with Gasteiger partial charge in [-0.05, 0) is 125 Å². The first-order valence-electron chi connectivity index (χ1n) is 19.6. The maximum atomic E-state index is 13.8. The van der Waals surface area contributed by atoms with Crippen molar-refractivity contribution in [2.45, 2.75) is 112 Å². The number of carboxylic acid groups (broad SMARTS) is 1. The normalized spacial score (nSPS) is 19.0. The Bertz CT molecular complexity index is 1770. The van der Waals surface area contributed by atoms with E-state index in [2.05, 4.69) is 53.8 Å². The van der Waals surface area contributed by atoms with Gasteiger partial charge < -0.3 is 24.4 Å². The van der Waals surface area contributed by atoms with Crippen molar-refractivity contribution >= 4 is 11.7 Å². The number of hydrogen-bond acceptors (Lipinski definition) is 7. The van der Waals surface area contributed by atoms with Crippen molar-refractivity contribution in [3.63, 3.8) is 0 Å². The molecule has 0 saturated carbocycles. The van der Waals surface area contributed by atoms with Crippen LogP contribution >= 0.6 is 0 Å². The van der Waals surface area contributed by atoms with Crippen molar-refractivity contribution in [1.82, 2.24) is 14.8 Å². The van der Waals surface area contributed by atoms with E-state index < -0.39 is 17.7 Å². The van der Waals surface area contributed by atoms with Gasteiger partial charge >= 0.3 is 5.97 Å². The third-order valence-corrected chi connectivity index (χ3v) is 11.5. The molecule has 288 valence electrons. The summed E-state index contributed by atoms with van der Waals surface area (Å²) in [5, 5.41) is 10.8. The minimum absolute atomic E-state index is 0.196. The lowest BCUT2D eigenvalue weighted by atomic mass is 9.81. The average molecular weight is 729 g/mol. The van der Waals surface area contributed by atoms with E-state index >= 15 is 0 Å². The van der Waals surface area contributed by atoms with Crippen LogP contribution in [0.4, 0.5) is 10.1 Å². The van der Waals surface area contributed by atoms with Gasteiger partial charge in [0.15, 0.2) is 6.10 Å². The minimum Gasteiger partial charge on any atom is -0.479 e. The molecular weight excluding hydrogens is 668 g/mol. The Labute approximate surface area is 316 Å². The van der Waals surface area contributed by atoms with E-state index in [0.717, 1.165) is 118 Å². The molecule has 1 aromatic heterocycles. The van der Waals surface area contributed by atoms with Crippen LogP contribution in [0.5, 0.6) is 0 Å². The summed E-state index contributed by atoms with van der Waals surface area (Å²) in [6.07, 6.45) is 3.87. The molecule has 53 heavy (non-hydrogen) atoms. The number of hydrogen-bond donors (Lipinski definition) is 1. The van der Waals surface area contributed by atoms with Gasteiger partial charge in [0.25, 0.3) is 0 Å². The summed E-state index contributed by atoms with van der Waals surface area (Å²) in [6.45, 7) is 21.7. The summed E-state index contributed by atoms with van der Waals surface area (Å²) >= 11 is 0. The highest BCUT2D eigenvalue weighted by Gasteiger charge is 2.37. The molecule has 2 aromatic carbocycles. The number of rotatable bonds is 11. The second-order valence-electron chi connectivity index (χ2n) is 17.6. The van der Waals surface area contributed by atoms with E-state index in [1.54, 1.807) is 12.1 Å². The monoisotopic (exact) mass is 728 g/mol. The fraction of sp³-hybridized carbons (Fsp3) is 0.591. The van der Waals surface area contributed by atoms with E-state index in [0.29, 0.717) is 23.7 Å². The second-order valence-corrected chi connectivity index (χ2v) is 17.6. The van der Waals surface area contributed by atoms with Gasteiger partial charge in [-0.1, -0.05) is 38.1 Å². The minimum atomic E-state index is -1.17. The van der Waals surface area contributed by atoms with Crippen molar-refractivity contribution < 1.29 is 23.8 Å². The van der Waals surface area contributed by atoms with Crippen LogP contribution in [0.2, 0.25) is 0 Å². The fourth-order valence-electron chi connectivity index (χ4n) is 8.41. The highest BCUT2D eigenvalue weighted by atomic mass is 19.1. The largest absolute Gasteiger partial charge is 0.479 e. The highest BCUT2D eigenvalue weighted by Crippen LogP contribution is 2.46. The molecule has 1 atom stereocenters. The van der Waals surface area contributed by atoms with Gasteiger partial charge in [-0.2, -0.15) is 0 Å². The fourth-order valence-corrected chi connectivity index (χ4v) is 8.41. The molecule has 0 bridgehead atoms. The van der Waals surface area contributed by atoms with Crippen LogP contribution in [0.3, 0.4) is 0 Å². The number of pyridine rings is 1. The molecule has 1 unspecified atom stereocenters. The number of nitrogens with zero attached hydrogens (tertiary/aromatic N) is 4. The molecule has 2 saturated heterocycles. The first-order valence-corrected chi connectivity index (χ1v) is 19.6. The van der Waals surface area contributed by atoms with Crippen molar-refractivity contribution in [1.29, 1.82) is 0 Å². The summed E-state index contributed by atoms with van der Waals surface area (Å²) in [7, 11) is 2.18. The van der Waals surface area contributed by atoms with Gasteiger partial charge in [-0.3, -0.25) is 9.88 Å². The molecule has 9 heteroatoms. The molecule has 0 aliphatic carbocycles. The number of benzene rings is 2. The number of halogens is 1. The van der Waals surface area contributed by atoms with Gasteiger partial charge in [-0.15, -0.1) is 0 Å². The summed E-state index contributed by atoms with van der Waals surface area (Å²) in [5.74, 6) is -0.623. The number of aryl methyl sites for hydroxylation is 2. The quantitative estimate of drug-likeness (QED) is 0.211. The summed E-state index contributed by atoms with van der Waals surface area (Å²) in [4.78, 5) is 25.7. The van der Waals surface area contributed by atoms with E-state index in [1.807, 2.05) is 40.7 Å². The second kappa shape index (κ2) is 16.2. The molecule has 4 heterocycles. The van der Waals surface area contributed by atoms with Crippen LogP contribution < -0.4 is 4.90 Å². The van der Waals surface area contributed by atoms with Crippen LogP contribution in [0.25, 0.3) is 11.1 Å². The zero-order chi connectivity index (χ0) is 38.1. The van der Waals surface area contributed by atoms with Crippen molar-refractivity contribution in [2.24, 2.45) is 11.3 Å². The SMILES string of the molecule is Cc1cc(F)ccc1CN1CCc2cc(-c3c(CN(C)CC4CCOCC4)nc(C)c(C(OC(C)(C)C)C(=O)O)c3N3CCC(C)(C)CC3)ccc2C1. The predicted molar refractivity (Wildman–Crippen MR) is 210 cm³/mol. The number of carbonyl (C=O) groups is 1. The Morgan fingerprint density at radius 3 is 2.45 bits per heavy atom. The molecule has 8 nitrogen and oxygen atoms in total. The molecule has 0 amide bonds. The Balaban J connectivity index is 1.45. The number of anilines is 1. The van der Waals surface area contributed by atoms with Crippen molar-refractivity contribution in [2.75, 3.05) is 51.3 Å². The molecular formula is C44H61FN4O4. The number of aromatic nitrogens is 1. The number of carboxylic acids is 1. The van der Waals surface area contributed by atoms with E-state index in [9.17, 15) is 14.3 Å². The van der Waals surface area contributed by atoms with Crippen LogP contribution in [0, 0.1) is 31.0 Å². The zero-order valence-corrected chi connectivity index (χ0v) is 33.4. The maximum absolute atomic E-state index is 13.8. The molecule has 0 spiro atoms. The van der Waals surface area contributed by atoms with Gasteiger partial charge in [0.05, 0.1) is 17.0 Å². The van der Waals surface area contributed by atoms with E-state index in [-0.39, 0.29) is 11.2 Å². The lowest BCUT2D eigenvalue weighted by molar-refractivity contribution is -0.160. The van der Waals surface area contributed by atoms with Gasteiger partial charge in [0, 0.05) is 75.8 Å². The summed E-state index contributed by atoms with van der Waals surface area (Å²) in [6, 6.07) is 11.9. The first kappa shape index (κ1) is 39.3. The molecule has 2 fully saturated rings. The third-order valence-electron chi connectivity index (χ3n) is 11.5.